The fraction of sp³-hybridized carbons (Fsp3) is 0.250. The van der Waals surface area contributed by atoms with Crippen molar-refractivity contribution in [3.63, 3.8) is 0 Å². The van der Waals surface area contributed by atoms with Crippen LogP contribution in [0.15, 0.2) is 41.3 Å². The van der Waals surface area contributed by atoms with Crippen LogP contribution in [0.25, 0.3) is 0 Å². The molecule has 0 heterocycles. The summed E-state index contributed by atoms with van der Waals surface area (Å²) in [6.07, 6.45) is 0. The van der Waals surface area contributed by atoms with E-state index in [1.807, 2.05) is 19.1 Å². The molecule has 0 bridgehead atoms. The summed E-state index contributed by atoms with van der Waals surface area (Å²) in [6.45, 7) is 4.39. The number of nitriles is 1. The first kappa shape index (κ1) is 21.3. The number of hydrogen-bond acceptors (Lipinski definition) is 6. The van der Waals surface area contributed by atoms with Crippen LogP contribution in [0.5, 0.6) is 0 Å². The highest BCUT2D eigenvalue weighted by molar-refractivity contribution is 7.89. The van der Waals surface area contributed by atoms with Gasteiger partial charge in [0.25, 0.3) is 0 Å². The van der Waals surface area contributed by atoms with E-state index in [0.717, 1.165) is 16.7 Å². The van der Waals surface area contributed by atoms with Crippen LogP contribution in [0.4, 0.5) is 0 Å². The number of esters is 1. The van der Waals surface area contributed by atoms with E-state index in [9.17, 15) is 18.0 Å². The van der Waals surface area contributed by atoms with Gasteiger partial charge < -0.3 is 4.74 Å². The lowest BCUT2D eigenvalue weighted by molar-refractivity contribution is -0.141. The summed E-state index contributed by atoms with van der Waals surface area (Å²) in [7, 11) is -4.07. The second-order valence-electron chi connectivity index (χ2n) is 6.29. The maximum absolute atomic E-state index is 12.4. The minimum Gasteiger partial charge on any atom is -0.456 e. The van der Waals surface area contributed by atoms with Crippen molar-refractivity contribution in [1.82, 2.24) is 4.72 Å². The molecule has 7 nitrogen and oxygen atoms in total. The third kappa shape index (κ3) is 5.03. The predicted molar refractivity (Wildman–Crippen MR) is 102 cm³/mol. The zero-order valence-corrected chi connectivity index (χ0v) is 16.6. The lowest BCUT2D eigenvalue weighted by Gasteiger charge is -2.11. The van der Waals surface area contributed by atoms with Crippen molar-refractivity contribution < 1.29 is 22.7 Å². The van der Waals surface area contributed by atoms with Crippen LogP contribution in [0, 0.1) is 32.1 Å². The lowest BCUT2D eigenvalue weighted by Crippen LogP contribution is -2.32. The van der Waals surface area contributed by atoms with Crippen molar-refractivity contribution >= 4 is 21.8 Å². The largest absolute Gasteiger partial charge is 0.456 e. The minimum atomic E-state index is -4.07. The van der Waals surface area contributed by atoms with Gasteiger partial charge in [0.05, 0.1) is 10.5 Å². The smallest absolute Gasteiger partial charge is 0.321 e. The molecule has 1 N–H and O–H groups in total. The number of Topliss-reactive ketones (excluding diaryl/α,β-unsaturated/α-hetero) is 1. The van der Waals surface area contributed by atoms with Crippen molar-refractivity contribution in [2.24, 2.45) is 0 Å². The lowest BCUT2D eigenvalue weighted by atomic mass is 9.97. The molecule has 0 unspecified atom stereocenters. The van der Waals surface area contributed by atoms with Gasteiger partial charge in [0.1, 0.15) is 12.6 Å². The number of nitrogens with one attached hydrogen (secondary N) is 1. The molecule has 0 aliphatic heterocycles. The average molecular weight is 400 g/mol. The van der Waals surface area contributed by atoms with Gasteiger partial charge in [-0.2, -0.15) is 9.98 Å². The van der Waals surface area contributed by atoms with Crippen molar-refractivity contribution in [1.29, 1.82) is 5.26 Å². The fourth-order valence-electron chi connectivity index (χ4n) is 2.91. The Bertz CT molecular complexity index is 1050. The second kappa shape index (κ2) is 8.78. The van der Waals surface area contributed by atoms with E-state index in [1.165, 1.54) is 24.3 Å². The van der Waals surface area contributed by atoms with E-state index in [-0.39, 0.29) is 16.2 Å². The van der Waals surface area contributed by atoms with Gasteiger partial charge in [0.15, 0.2) is 6.61 Å². The number of hydrogen-bond donors (Lipinski definition) is 1. The molecule has 2 aromatic rings. The maximum Gasteiger partial charge on any atom is 0.321 e. The van der Waals surface area contributed by atoms with Crippen LogP contribution in [0.1, 0.15) is 32.6 Å². The molecule has 0 aliphatic rings. The Morgan fingerprint density at radius 1 is 1.11 bits per heavy atom. The summed E-state index contributed by atoms with van der Waals surface area (Å²) in [5.74, 6) is -1.25. The Labute approximate surface area is 164 Å². The van der Waals surface area contributed by atoms with Gasteiger partial charge in [0.2, 0.25) is 15.8 Å². The number of carbonyl (C=O) groups excluding carboxylic acids is 2. The second-order valence-corrected chi connectivity index (χ2v) is 8.03. The molecule has 2 aromatic carbocycles. The SMILES string of the molecule is Cc1cc(C)c(C(=O)COC(=O)CNS(=O)(=O)c2ccccc2C#N)c(C)c1. The van der Waals surface area contributed by atoms with Crippen LogP contribution in [-0.4, -0.2) is 33.3 Å². The topological polar surface area (TPSA) is 113 Å². The first-order valence-electron chi connectivity index (χ1n) is 8.41. The van der Waals surface area contributed by atoms with E-state index in [1.54, 1.807) is 19.9 Å². The first-order valence-corrected chi connectivity index (χ1v) is 9.89. The van der Waals surface area contributed by atoms with Crippen LogP contribution < -0.4 is 4.72 Å². The highest BCUT2D eigenvalue weighted by Gasteiger charge is 2.20. The Hall–Kier alpha value is -3.02. The van der Waals surface area contributed by atoms with Crippen LogP contribution in [-0.2, 0) is 19.6 Å². The Morgan fingerprint density at radius 3 is 2.32 bits per heavy atom. The summed E-state index contributed by atoms with van der Waals surface area (Å²) in [5.41, 5.74) is 3.04. The number of ether oxygens (including phenoxy) is 1. The molecule has 28 heavy (non-hydrogen) atoms. The molecular formula is C20H20N2O5S. The van der Waals surface area contributed by atoms with E-state index in [0.29, 0.717) is 5.56 Å². The van der Waals surface area contributed by atoms with Crippen molar-refractivity contribution in [2.75, 3.05) is 13.2 Å². The number of benzene rings is 2. The summed E-state index contributed by atoms with van der Waals surface area (Å²) in [5, 5.41) is 9.00. The highest BCUT2D eigenvalue weighted by atomic mass is 32.2. The number of nitrogens with zero attached hydrogens (tertiary/aromatic N) is 1. The van der Waals surface area contributed by atoms with Gasteiger partial charge in [-0.25, -0.2) is 8.42 Å². The van der Waals surface area contributed by atoms with Crippen LogP contribution in [0.2, 0.25) is 0 Å². The molecule has 0 aromatic heterocycles. The average Bonchev–Trinajstić information content (AvgIpc) is 2.64. The summed E-state index contributed by atoms with van der Waals surface area (Å²) in [6, 6.07) is 11.1. The molecule has 0 saturated heterocycles. The van der Waals surface area contributed by atoms with E-state index >= 15 is 0 Å². The normalized spacial score (nSPS) is 10.9. The van der Waals surface area contributed by atoms with Gasteiger partial charge in [-0.3, -0.25) is 9.59 Å². The van der Waals surface area contributed by atoms with Crippen LogP contribution >= 0.6 is 0 Å². The quantitative estimate of drug-likeness (QED) is 0.563. The van der Waals surface area contributed by atoms with Crippen molar-refractivity contribution in [3.05, 3.63) is 64.2 Å². The molecule has 0 atom stereocenters. The summed E-state index contributed by atoms with van der Waals surface area (Å²) in [4.78, 5) is 24.0. The number of aryl methyl sites for hydroxylation is 3. The monoisotopic (exact) mass is 400 g/mol. The maximum atomic E-state index is 12.4. The van der Waals surface area contributed by atoms with Gasteiger partial charge in [-0.15, -0.1) is 0 Å². The van der Waals surface area contributed by atoms with E-state index in [2.05, 4.69) is 4.72 Å². The number of sulfonamides is 1. The van der Waals surface area contributed by atoms with Crippen molar-refractivity contribution in [2.45, 2.75) is 25.7 Å². The Kier molecular flexibility index (Phi) is 6.67. The van der Waals surface area contributed by atoms with E-state index < -0.39 is 29.1 Å². The highest BCUT2D eigenvalue weighted by Crippen LogP contribution is 2.17. The molecule has 0 fully saturated rings. The fourth-order valence-corrected chi connectivity index (χ4v) is 4.04. The predicted octanol–water partition coefficient (Wildman–Crippen LogP) is 2.19. The molecule has 146 valence electrons. The minimum absolute atomic E-state index is 0.0381. The molecule has 0 radical (unpaired) electrons. The molecule has 0 amide bonds. The van der Waals surface area contributed by atoms with Crippen molar-refractivity contribution in [3.8, 4) is 6.07 Å². The molecular weight excluding hydrogens is 380 g/mol. The zero-order chi connectivity index (χ0) is 20.9. The number of ketones is 1. The summed E-state index contributed by atoms with van der Waals surface area (Å²) < 4.78 is 31.5. The van der Waals surface area contributed by atoms with Gasteiger partial charge >= 0.3 is 5.97 Å². The van der Waals surface area contributed by atoms with Gasteiger partial charge in [-0.1, -0.05) is 29.8 Å². The molecule has 0 aliphatic carbocycles. The Morgan fingerprint density at radius 2 is 1.71 bits per heavy atom. The first-order chi connectivity index (χ1) is 13.2. The van der Waals surface area contributed by atoms with Gasteiger partial charge in [-0.05, 0) is 44.0 Å². The third-order valence-corrected chi connectivity index (χ3v) is 5.48. The Balaban J connectivity index is 1.98. The van der Waals surface area contributed by atoms with Gasteiger partial charge in [0, 0.05) is 5.56 Å². The number of rotatable bonds is 7. The number of carbonyl (C=O) groups is 2. The molecule has 0 saturated carbocycles. The molecule has 8 heteroatoms. The third-order valence-electron chi connectivity index (χ3n) is 4.02. The summed E-state index contributed by atoms with van der Waals surface area (Å²) >= 11 is 0. The van der Waals surface area contributed by atoms with E-state index in [4.69, 9.17) is 10.00 Å². The molecule has 2 rings (SSSR count). The zero-order valence-electron chi connectivity index (χ0n) is 15.8. The van der Waals surface area contributed by atoms with Crippen LogP contribution in [0.3, 0.4) is 0 Å². The standard InChI is InChI=1S/C20H20N2O5S/c1-13-8-14(2)20(15(3)9-13)17(23)12-27-19(24)11-22-28(25,26)18-7-5-4-6-16(18)10-21/h4-9,22H,11-12H2,1-3H3. The molecule has 0 spiro atoms.